The van der Waals surface area contributed by atoms with Crippen molar-refractivity contribution in [3.05, 3.63) is 12.3 Å². The molecule has 1 unspecified atom stereocenters. The number of aliphatic carboxylic acids is 2. The van der Waals surface area contributed by atoms with Gasteiger partial charge in [0, 0.05) is 6.42 Å². The Morgan fingerprint density at radius 2 is 1.54 bits per heavy atom. The third-order valence-corrected chi connectivity index (χ3v) is 3.47. The van der Waals surface area contributed by atoms with Gasteiger partial charge >= 0.3 is 38.7 Å². The van der Waals surface area contributed by atoms with E-state index in [2.05, 4.69) is 0 Å². The molecule has 1 aliphatic rings. The molecule has 1 saturated heterocycles. The Balaban J connectivity index is -0.00000176. The van der Waals surface area contributed by atoms with E-state index in [1.165, 1.54) is 0 Å². The maximum absolute atomic E-state index is 13.7. The van der Waals surface area contributed by atoms with Crippen LogP contribution < -0.4 is 0 Å². The Bertz CT molecular complexity index is 430. The van der Waals surface area contributed by atoms with Crippen LogP contribution >= 0.6 is 0 Å². The Kier molecular flexibility index (Phi) is 14.5. The van der Waals surface area contributed by atoms with E-state index in [9.17, 15) is 29.3 Å². The summed E-state index contributed by atoms with van der Waals surface area (Å²) in [4.78, 5) is 21.2. The van der Waals surface area contributed by atoms with E-state index in [-0.39, 0.29) is 46.4 Å². The number of carboxylic acid groups (broad SMARTS) is 2. The molecule has 0 radical (unpaired) electrons. The molecule has 26 heavy (non-hydrogen) atoms. The predicted octanol–water partition coefficient (Wildman–Crippen LogP) is -1.11. The number of carbonyl (C=O) groups is 2. The van der Waals surface area contributed by atoms with Crippen molar-refractivity contribution in [3.8, 4) is 0 Å². The standard InChI is InChI=1S/C12H19FO10.2H2N.Pt/c13-12(10(18)19,11(20)21)2-1-3-22-9-8(17)7(16)6(15)5(4-14)23-9;;;/h5-9,14-17H,1-4H2,(H,18,19)(H,20,21);2*1H2;/q;2*-1;+2/t5-,6+,7+,8-,9?;;;/m1.../s1. The summed E-state index contributed by atoms with van der Waals surface area (Å²) in [5, 5.41) is 54.8. The molecule has 1 rings (SSSR count). The van der Waals surface area contributed by atoms with Crippen LogP contribution in [0.4, 0.5) is 4.39 Å². The number of hydrogen-bond donors (Lipinski definition) is 6. The van der Waals surface area contributed by atoms with Crippen LogP contribution in [0.3, 0.4) is 0 Å². The number of aliphatic hydroxyl groups excluding tert-OH is 4. The molecular weight excluding hydrogens is 546 g/mol. The third kappa shape index (κ3) is 6.76. The van der Waals surface area contributed by atoms with E-state index in [0.29, 0.717) is 0 Å². The number of nitrogens with two attached hydrogens (primary N) is 2. The number of halogens is 1. The zero-order chi connectivity index (χ0) is 17.8. The quantitative estimate of drug-likeness (QED) is 0.152. The van der Waals surface area contributed by atoms with Crippen molar-refractivity contribution in [2.75, 3.05) is 13.2 Å². The summed E-state index contributed by atoms with van der Waals surface area (Å²) >= 11 is 0. The molecule has 0 saturated carbocycles. The normalized spacial score (nSPS) is 28.1. The molecule has 0 spiro atoms. The fraction of sp³-hybridized carbons (Fsp3) is 0.833. The van der Waals surface area contributed by atoms with Gasteiger partial charge in [0.05, 0.1) is 13.2 Å². The minimum Gasteiger partial charge on any atom is -0.693 e. The van der Waals surface area contributed by atoms with Crippen LogP contribution in [0.15, 0.2) is 0 Å². The Morgan fingerprint density at radius 1 is 1.04 bits per heavy atom. The topological polar surface area (TPSA) is 241 Å². The second kappa shape index (κ2) is 12.6. The predicted molar refractivity (Wildman–Crippen MR) is 78.6 cm³/mol. The molecule has 12 nitrogen and oxygen atoms in total. The molecule has 10 N–H and O–H groups in total. The first kappa shape index (κ1) is 30.0. The van der Waals surface area contributed by atoms with Crippen LogP contribution in [0.1, 0.15) is 12.8 Å². The second-order valence-electron chi connectivity index (χ2n) is 5.08. The molecule has 158 valence electrons. The Labute approximate surface area is 162 Å². The van der Waals surface area contributed by atoms with Crippen molar-refractivity contribution < 1.29 is 75.2 Å². The fourth-order valence-corrected chi connectivity index (χ4v) is 2.03. The summed E-state index contributed by atoms with van der Waals surface area (Å²) in [6, 6.07) is 0. The van der Waals surface area contributed by atoms with Gasteiger partial charge in [0.15, 0.2) is 6.29 Å². The van der Waals surface area contributed by atoms with Gasteiger partial charge in [-0.25, -0.2) is 14.0 Å². The fourth-order valence-electron chi connectivity index (χ4n) is 2.03. The first-order valence-corrected chi connectivity index (χ1v) is 6.73. The molecular formula is C12H23FN2O10Pt. The van der Waals surface area contributed by atoms with Gasteiger partial charge in [-0.1, -0.05) is 0 Å². The van der Waals surface area contributed by atoms with Crippen LogP contribution in [0, 0.1) is 0 Å². The van der Waals surface area contributed by atoms with E-state index in [0.717, 1.165) is 0 Å². The molecule has 0 bridgehead atoms. The van der Waals surface area contributed by atoms with Crippen molar-refractivity contribution in [2.45, 2.75) is 49.2 Å². The van der Waals surface area contributed by atoms with Gasteiger partial charge in [-0.3, -0.25) is 0 Å². The molecule has 0 aromatic heterocycles. The zero-order valence-corrected chi connectivity index (χ0v) is 15.7. The molecule has 0 amide bonds. The van der Waals surface area contributed by atoms with Gasteiger partial charge in [-0.05, 0) is 6.42 Å². The van der Waals surface area contributed by atoms with Crippen LogP contribution in [0.5, 0.6) is 0 Å². The molecule has 1 aliphatic heterocycles. The van der Waals surface area contributed by atoms with Crippen LogP contribution in [0.2, 0.25) is 0 Å². The maximum atomic E-state index is 13.7. The van der Waals surface area contributed by atoms with Crippen molar-refractivity contribution in [1.82, 2.24) is 0 Å². The summed E-state index contributed by atoms with van der Waals surface area (Å²) < 4.78 is 23.7. The number of rotatable bonds is 8. The number of alkyl halides is 1. The minimum atomic E-state index is -3.46. The third-order valence-electron chi connectivity index (χ3n) is 3.47. The van der Waals surface area contributed by atoms with Crippen LogP contribution in [0.25, 0.3) is 12.3 Å². The molecule has 0 aromatic rings. The largest absolute Gasteiger partial charge is 2.00 e. The summed E-state index contributed by atoms with van der Waals surface area (Å²) in [7, 11) is 0. The van der Waals surface area contributed by atoms with E-state index in [4.69, 9.17) is 24.8 Å². The molecule has 0 aromatic carbocycles. The Hall–Kier alpha value is -0.762. The SMILES string of the molecule is O=C(O)C(F)(CCCOC1O[C@H](CO)[C@H](O)[C@H](O)[C@H]1O)C(=O)O.[NH2-].[NH2-].[Pt+2]. The second-order valence-corrected chi connectivity index (χ2v) is 5.08. The number of ether oxygens (including phenoxy) is 2. The Morgan fingerprint density at radius 3 is 1.96 bits per heavy atom. The van der Waals surface area contributed by atoms with E-state index < -0.39 is 61.3 Å². The van der Waals surface area contributed by atoms with Gasteiger partial charge < -0.3 is 52.4 Å². The average molecular weight is 569 g/mol. The van der Waals surface area contributed by atoms with E-state index >= 15 is 0 Å². The van der Waals surface area contributed by atoms with Crippen molar-refractivity contribution in [3.63, 3.8) is 0 Å². The summed E-state index contributed by atoms with van der Waals surface area (Å²) in [6.45, 7) is -1.04. The number of carboxylic acids is 2. The molecule has 1 heterocycles. The van der Waals surface area contributed by atoms with Gasteiger partial charge in [0.1, 0.15) is 24.4 Å². The van der Waals surface area contributed by atoms with Gasteiger partial charge in [-0.2, -0.15) is 0 Å². The first-order chi connectivity index (χ1) is 10.6. The summed E-state index contributed by atoms with van der Waals surface area (Å²) in [5.74, 6) is -4.28. The van der Waals surface area contributed by atoms with E-state index in [1.807, 2.05) is 0 Å². The first-order valence-electron chi connectivity index (χ1n) is 6.73. The van der Waals surface area contributed by atoms with Crippen LogP contribution in [-0.2, 0) is 40.1 Å². The zero-order valence-electron chi connectivity index (χ0n) is 13.4. The van der Waals surface area contributed by atoms with Gasteiger partial charge in [0.2, 0.25) is 0 Å². The smallest absolute Gasteiger partial charge is 0.693 e. The number of hydrogen-bond acceptors (Lipinski definition) is 8. The molecule has 1 fully saturated rings. The summed E-state index contributed by atoms with van der Waals surface area (Å²) in [5.41, 5.74) is -3.46. The monoisotopic (exact) mass is 569 g/mol. The van der Waals surface area contributed by atoms with Gasteiger partial charge in [-0.15, -0.1) is 0 Å². The molecule has 5 atom stereocenters. The number of aliphatic hydroxyl groups is 4. The summed E-state index contributed by atoms with van der Waals surface area (Å²) in [6.07, 6.45) is -8.71. The van der Waals surface area contributed by atoms with Crippen molar-refractivity contribution in [2.24, 2.45) is 0 Å². The minimum absolute atomic E-state index is 0. The maximum Gasteiger partial charge on any atom is 2.00 e. The molecule has 14 heteroatoms. The van der Waals surface area contributed by atoms with Gasteiger partial charge in [0.25, 0.3) is 0 Å². The van der Waals surface area contributed by atoms with Crippen LogP contribution in [-0.4, -0.2) is 92.2 Å². The van der Waals surface area contributed by atoms with Crippen molar-refractivity contribution >= 4 is 11.9 Å². The van der Waals surface area contributed by atoms with Crippen molar-refractivity contribution in [1.29, 1.82) is 0 Å². The van der Waals surface area contributed by atoms with E-state index in [1.54, 1.807) is 0 Å². The molecule has 0 aliphatic carbocycles. The average Bonchev–Trinajstić information content (AvgIpc) is 2.50.